The van der Waals surface area contributed by atoms with E-state index in [0.29, 0.717) is 0 Å². The van der Waals surface area contributed by atoms with E-state index < -0.39 is 5.97 Å². The molecule has 1 aromatic carbocycles. The SMILES string of the molecule is O=C(O)c1nccc2cccc(N3CCCC3)c12. The number of fused-ring (bicyclic) bond motifs is 1. The number of pyridine rings is 1. The van der Waals surface area contributed by atoms with E-state index >= 15 is 0 Å². The van der Waals surface area contributed by atoms with Crippen LogP contribution in [0.5, 0.6) is 0 Å². The highest BCUT2D eigenvalue weighted by atomic mass is 16.4. The van der Waals surface area contributed by atoms with Crippen LogP contribution >= 0.6 is 0 Å². The zero-order valence-corrected chi connectivity index (χ0v) is 9.97. The predicted octanol–water partition coefficient (Wildman–Crippen LogP) is 2.53. The first-order chi connectivity index (χ1) is 8.77. The van der Waals surface area contributed by atoms with Gasteiger partial charge >= 0.3 is 5.97 Å². The van der Waals surface area contributed by atoms with Crippen LogP contribution in [-0.4, -0.2) is 29.1 Å². The van der Waals surface area contributed by atoms with Crippen molar-refractivity contribution < 1.29 is 9.90 Å². The lowest BCUT2D eigenvalue weighted by molar-refractivity contribution is 0.0693. The van der Waals surface area contributed by atoms with Crippen molar-refractivity contribution in [2.75, 3.05) is 18.0 Å². The molecule has 1 fully saturated rings. The van der Waals surface area contributed by atoms with Gasteiger partial charge in [0.15, 0.2) is 5.69 Å². The van der Waals surface area contributed by atoms with E-state index in [-0.39, 0.29) is 5.69 Å². The second kappa shape index (κ2) is 4.29. The maximum Gasteiger partial charge on any atom is 0.355 e. The second-order valence-electron chi connectivity index (χ2n) is 4.53. The molecule has 1 saturated heterocycles. The topological polar surface area (TPSA) is 53.4 Å². The minimum absolute atomic E-state index is 0.148. The highest BCUT2D eigenvalue weighted by Gasteiger charge is 2.19. The Morgan fingerprint density at radius 1 is 1.22 bits per heavy atom. The Balaban J connectivity index is 2.27. The smallest absolute Gasteiger partial charge is 0.355 e. The molecule has 0 bridgehead atoms. The lowest BCUT2D eigenvalue weighted by atomic mass is 10.1. The van der Waals surface area contributed by atoms with Crippen molar-refractivity contribution in [2.24, 2.45) is 0 Å². The first-order valence-electron chi connectivity index (χ1n) is 6.13. The fourth-order valence-electron chi connectivity index (χ4n) is 2.59. The van der Waals surface area contributed by atoms with Gasteiger partial charge in [0, 0.05) is 30.4 Å². The Bertz CT molecular complexity index is 599. The van der Waals surface area contributed by atoms with Crippen molar-refractivity contribution in [3.63, 3.8) is 0 Å². The summed E-state index contributed by atoms with van der Waals surface area (Å²) in [6.45, 7) is 1.99. The third-order valence-corrected chi connectivity index (χ3v) is 3.42. The first-order valence-corrected chi connectivity index (χ1v) is 6.13. The van der Waals surface area contributed by atoms with E-state index in [0.717, 1.165) is 29.5 Å². The Hall–Kier alpha value is -2.10. The molecule has 2 aromatic rings. The number of hydrogen-bond acceptors (Lipinski definition) is 3. The van der Waals surface area contributed by atoms with Gasteiger partial charge in [0.2, 0.25) is 0 Å². The summed E-state index contributed by atoms with van der Waals surface area (Å²) in [6, 6.07) is 7.76. The number of hydrogen-bond donors (Lipinski definition) is 1. The molecule has 0 amide bonds. The van der Waals surface area contributed by atoms with E-state index in [1.807, 2.05) is 24.3 Å². The molecule has 18 heavy (non-hydrogen) atoms. The molecule has 92 valence electrons. The molecule has 0 unspecified atom stereocenters. The molecule has 4 heteroatoms. The van der Waals surface area contributed by atoms with Gasteiger partial charge in [-0.1, -0.05) is 12.1 Å². The van der Waals surface area contributed by atoms with E-state index in [2.05, 4.69) is 9.88 Å². The van der Waals surface area contributed by atoms with Crippen LogP contribution < -0.4 is 4.90 Å². The van der Waals surface area contributed by atoms with Gasteiger partial charge in [-0.25, -0.2) is 9.78 Å². The van der Waals surface area contributed by atoms with Crippen molar-refractivity contribution in [3.8, 4) is 0 Å². The molecule has 2 heterocycles. The molecule has 0 aliphatic carbocycles. The van der Waals surface area contributed by atoms with E-state index in [9.17, 15) is 9.90 Å². The molecule has 0 atom stereocenters. The summed E-state index contributed by atoms with van der Waals surface area (Å²) in [7, 11) is 0. The number of aromatic carboxylic acids is 1. The van der Waals surface area contributed by atoms with Crippen LogP contribution in [0, 0.1) is 0 Å². The van der Waals surface area contributed by atoms with Gasteiger partial charge < -0.3 is 10.0 Å². The molecular formula is C14H14N2O2. The van der Waals surface area contributed by atoms with E-state index in [1.54, 1.807) is 6.20 Å². The van der Waals surface area contributed by atoms with Crippen molar-refractivity contribution in [3.05, 3.63) is 36.2 Å². The van der Waals surface area contributed by atoms with Crippen LogP contribution in [0.2, 0.25) is 0 Å². The normalized spacial score (nSPS) is 15.2. The largest absolute Gasteiger partial charge is 0.476 e. The summed E-state index contributed by atoms with van der Waals surface area (Å²) in [5.74, 6) is -0.966. The summed E-state index contributed by atoms with van der Waals surface area (Å²) in [5, 5.41) is 11.0. The summed E-state index contributed by atoms with van der Waals surface area (Å²) < 4.78 is 0. The van der Waals surface area contributed by atoms with Crippen LogP contribution in [0.3, 0.4) is 0 Å². The van der Waals surface area contributed by atoms with Crippen LogP contribution in [0.25, 0.3) is 10.8 Å². The van der Waals surface area contributed by atoms with Gasteiger partial charge in [0.25, 0.3) is 0 Å². The quantitative estimate of drug-likeness (QED) is 0.879. The number of rotatable bonds is 2. The Morgan fingerprint density at radius 3 is 2.72 bits per heavy atom. The average Bonchev–Trinajstić information content (AvgIpc) is 2.91. The van der Waals surface area contributed by atoms with Gasteiger partial charge in [-0.05, 0) is 30.4 Å². The van der Waals surface area contributed by atoms with Gasteiger partial charge in [-0.3, -0.25) is 0 Å². The number of anilines is 1. The monoisotopic (exact) mass is 242 g/mol. The highest BCUT2D eigenvalue weighted by molar-refractivity contribution is 6.07. The third-order valence-electron chi connectivity index (χ3n) is 3.42. The second-order valence-corrected chi connectivity index (χ2v) is 4.53. The van der Waals surface area contributed by atoms with Crippen LogP contribution in [0.1, 0.15) is 23.3 Å². The number of carboxylic acids is 1. The fourth-order valence-corrected chi connectivity index (χ4v) is 2.59. The summed E-state index contributed by atoms with van der Waals surface area (Å²) >= 11 is 0. The van der Waals surface area contributed by atoms with Gasteiger partial charge in [0.05, 0.1) is 0 Å². The van der Waals surface area contributed by atoms with Crippen molar-refractivity contribution in [1.82, 2.24) is 4.98 Å². The molecule has 3 rings (SSSR count). The third kappa shape index (κ3) is 1.70. The minimum atomic E-state index is -0.966. The number of carboxylic acid groups (broad SMARTS) is 1. The Kier molecular flexibility index (Phi) is 2.63. The number of aromatic nitrogens is 1. The van der Waals surface area contributed by atoms with E-state index in [1.165, 1.54) is 12.8 Å². The molecule has 0 saturated carbocycles. The number of carbonyl (C=O) groups is 1. The van der Waals surface area contributed by atoms with Crippen LogP contribution in [0.4, 0.5) is 5.69 Å². The lowest BCUT2D eigenvalue weighted by Crippen LogP contribution is -2.18. The molecular weight excluding hydrogens is 228 g/mol. The minimum Gasteiger partial charge on any atom is -0.476 e. The van der Waals surface area contributed by atoms with Crippen LogP contribution in [-0.2, 0) is 0 Å². The fraction of sp³-hybridized carbons (Fsp3) is 0.286. The van der Waals surface area contributed by atoms with Crippen LogP contribution in [0.15, 0.2) is 30.5 Å². The maximum absolute atomic E-state index is 11.3. The molecule has 1 N–H and O–H groups in total. The van der Waals surface area contributed by atoms with Crippen molar-refractivity contribution in [2.45, 2.75) is 12.8 Å². The molecule has 1 aliphatic rings. The zero-order chi connectivity index (χ0) is 12.5. The standard InChI is InChI=1S/C14H14N2O2/c17-14(18)13-12-10(6-7-15-13)4-3-5-11(12)16-8-1-2-9-16/h3-7H,1-2,8-9H2,(H,17,18). The van der Waals surface area contributed by atoms with Crippen molar-refractivity contribution >= 4 is 22.4 Å². The number of nitrogens with zero attached hydrogens (tertiary/aromatic N) is 2. The van der Waals surface area contributed by atoms with Gasteiger partial charge in [-0.15, -0.1) is 0 Å². The van der Waals surface area contributed by atoms with E-state index in [4.69, 9.17) is 0 Å². The summed E-state index contributed by atoms with van der Waals surface area (Å²) in [4.78, 5) is 17.6. The first kappa shape index (κ1) is 11.0. The molecule has 1 aliphatic heterocycles. The van der Waals surface area contributed by atoms with Gasteiger partial charge in [0.1, 0.15) is 0 Å². The number of benzene rings is 1. The zero-order valence-electron chi connectivity index (χ0n) is 9.97. The molecule has 0 radical (unpaired) electrons. The van der Waals surface area contributed by atoms with Crippen molar-refractivity contribution in [1.29, 1.82) is 0 Å². The van der Waals surface area contributed by atoms with Gasteiger partial charge in [-0.2, -0.15) is 0 Å². The predicted molar refractivity (Wildman–Crippen MR) is 70.1 cm³/mol. The lowest BCUT2D eigenvalue weighted by Gasteiger charge is -2.20. The molecule has 1 aromatic heterocycles. The molecule has 0 spiro atoms. The maximum atomic E-state index is 11.3. The Labute approximate surface area is 105 Å². The Morgan fingerprint density at radius 2 is 2.00 bits per heavy atom. The average molecular weight is 242 g/mol. The summed E-state index contributed by atoms with van der Waals surface area (Å²) in [6.07, 6.45) is 3.89. The highest BCUT2D eigenvalue weighted by Crippen LogP contribution is 2.31. The molecule has 4 nitrogen and oxygen atoms in total. The summed E-state index contributed by atoms with van der Waals surface area (Å²) in [5.41, 5.74) is 1.14.